The number of ketones is 1. The molecule has 6 heteroatoms. The van der Waals surface area contributed by atoms with Crippen molar-refractivity contribution in [1.29, 1.82) is 0 Å². The summed E-state index contributed by atoms with van der Waals surface area (Å²) in [5, 5.41) is 0. The van der Waals surface area contributed by atoms with Crippen LogP contribution in [0.4, 0.5) is 13.2 Å². The summed E-state index contributed by atoms with van der Waals surface area (Å²) in [4.78, 5) is 22.8. The summed E-state index contributed by atoms with van der Waals surface area (Å²) in [6.07, 6.45) is -4.93. The Hall–Kier alpha value is -1.59. The first-order valence-electron chi connectivity index (χ1n) is 5.46. The van der Waals surface area contributed by atoms with Gasteiger partial charge < -0.3 is 4.57 Å². The number of nitrogens with zero attached hydrogens (tertiary/aromatic N) is 1. The van der Waals surface area contributed by atoms with Crippen molar-refractivity contribution in [2.24, 2.45) is 5.92 Å². The first-order valence-corrected chi connectivity index (χ1v) is 5.46. The molecule has 3 nitrogen and oxygen atoms in total. The normalized spacial score (nSPS) is 11.9. The monoisotopic (exact) mass is 261 g/mol. The lowest BCUT2D eigenvalue weighted by Crippen LogP contribution is -2.30. The highest BCUT2D eigenvalue weighted by Crippen LogP contribution is 2.22. The molecule has 0 fully saturated rings. The number of rotatable bonds is 3. The molecule has 0 aromatic carbocycles. The van der Waals surface area contributed by atoms with E-state index in [1.165, 1.54) is 11.5 Å². The third-order valence-electron chi connectivity index (χ3n) is 2.50. The molecule has 0 unspecified atom stereocenters. The predicted octanol–water partition coefficient (Wildman–Crippen LogP) is 2.56. The van der Waals surface area contributed by atoms with Crippen LogP contribution in [0.25, 0.3) is 0 Å². The van der Waals surface area contributed by atoms with E-state index in [1.54, 1.807) is 0 Å². The summed E-state index contributed by atoms with van der Waals surface area (Å²) in [5.41, 5.74) is -0.818. The summed E-state index contributed by atoms with van der Waals surface area (Å²) < 4.78 is 38.3. The van der Waals surface area contributed by atoms with Crippen LogP contribution in [0.1, 0.15) is 29.9 Å². The van der Waals surface area contributed by atoms with Crippen LogP contribution in [0.5, 0.6) is 0 Å². The lowest BCUT2D eigenvalue weighted by molar-refractivity contribution is -0.0886. The molecule has 1 rings (SSSR count). The fraction of sp³-hybridized carbons (Fsp3) is 0.500. The van der Waals surface area contributed by atoms with Crippen molar-refractivity contribution in [3.63, 3.8) is 0 Å². The van der Waals surface area contributed by atoms with Crippen molar-refractivity contribution >= 4 is 5.78 Å². The van der Waals surface area contributed by atoms with Crippen LogP contribution >= 0.6 is 0 Å². The van der Waals surface area contributed by atoms with Crippen molar-refractivity contribution in [3.8, 4) is 0 Å². The van der Waals surface area contributed by atoms with Gasteiger partial charge in [-0.1, -0.05) is 13.8 Å². The minimum absolute atomic E-state index is 0.0542. The zero-order valence-electron chi connectivity index (χ0n) is 10.3. The van der Waals surface area contributed by atoms with Crippen LogP contribution in [0.2, 0.25) is 0 Å². The third kappa shape index (κ3) is 3.00. The van der Waals surface area contributed by atoms with Crippen LogP contribution in [0, 0.1) is 12.8 Å². The maximum atomic E-state index is 12.4. The van der Waals surface area contributed by atoms with E-state index in [9.17, 15) is 22.8 Å². The molecule has 1 aromatic rings. The van der Waals surface area contributed by atoms with Gasteiger partial charge in [-0.2, -0.15) is 13.2 Å². The first kappa shape index (κ1) is 14.5. The molecule has 0 atom stereocenters. The van der Waals surface area contributed by atoms with Crippen LogP contribution in [0.15, 0.2) is 16.9 Å². The van der Waals surface area contributed by atoms with Gasteiger partial charge in [0.15, 0.2) is 0 Å². The van der Waals surface area contributed by atoms with Crippen molar-refractivity contribution in [3.05, 3.63) is 33.7 Å². The van der Waals surface area contributed by atoms with Gasteiger partial charge in [-0.15, -0.1) is 0 Å². The maximum Gasteiger partial charge on any atom is 0.454 e. The molecule has 0 saturated heterocycles. The largest absolute Gasteiger partial charge is 0.454 e. The number of Topliss-reactive ketones (excluding diaryl/α,β-unsaturated/α-hetero) is 1. The lowest BCUT2D eigenvalue weighted by atomic mass is 10.1. The van der Waals surface area contributed by atoms with Crippen LogP contribution < -0.4 is 5.56 Å². The van der Waals surface area contributed by atoms with E-state index in [2.05, 4.69) is 0 Å². The molecule has 0 aliphatic heterocycles. The molecule has 0 aliphatic rings. The molecule has 0 spiro atoms. The Bertz CT molecular complexity index is 515. The highest BCUT2D eigenvalue weighted by molar-refractivity contribution is 6.01. The number of halogens is 3. The van der Waals surface area contributed by atoms with Crippen LogP contribution in [-0.4, -0.2) is 16.5 Å². The lowest BCUT2D eigenvalue weighted by Gasteiger charge is -2.15. The minimum atomic E-state index is -4.93. The Balaban J connectivity index is 3.33. The second-order valence-corrected chi connectivity index (χ2v) is 4.50. The molecule has 0 aliphatic carbocycles. The van der Waals surface area contributed by atoms with E-state index < -0.39 is 23.1 Å². The van der Waals surface area contributed by atoms with Gasteiger partial charge in [0.05, 0.1) is 0 Å². The first-order chi connectivity index (χ1) is 8.14. The number of hydrogen-bond acceptors (Lipinski definition) is 2. The van der Waals surface area contributed by atoms with E-state index in [-0.39, 0.29) is 18.2 Å². The summed E-state index contributed by atoms with van der Waals surface area (Å²) >= 11 is 0. The van der Waals surface area contributed by atoms with Gasteiger partial charge in [0.25, 0.3) is 11.3 Å². The molecular weight excluding hydrogens is 247 g/mol. The summed E-state index contributed by atoms with van der Waals surface area (Å²) in [5.74, 6) is -1.82. The minimum Gasteiger partial charge on any atom is -0.312 e. The molecule has 18 heavy (non-hydrogen) atoms. The number of carbonyl (C=O) groups is 1. The average Bonchev–Trinajstić information content (AvgIpc) is 2.22. The van der Waals surface area contributed by atoms with Crippen molar-refractivity contribution < 1.29 is 18.0 Å². The fourth-order valence-electron chi connectivity index (χ4n) is 1.66. The molecule has 0 radical (unpaired) electrons. The topological polar surface area (TPSA) is 39.1 Å². The Morgan fingerprint density at radius 1 is 1.33 bits per heavy atom. The highest BCUT2D eigenvalue weighted by Gasteiger charge is 2.40. The van der Waals surface area contributed by atoms with Crippen LogP contribution in [-0.2, 0) is 6.54 Å². The van der Waals surface area contributed by atoms with E-state index in [0.717, 1.165) is 12.1 Å². The van der Waals surface area contributed by atoms with Gasteiger partial charge in [-0.25, -0.2) is 0 Å². The summed E-state index contributed by atoms with van der Waals surface area (Å²) in [6.45, 7) is 5.31. The van der Waals surface area contributed by atoms with E-state index in [4.69, 9.17) is 0 Å². The van der Waals surface area contributed by atoms with Gasteiger partial charge in [0, 0.05) is 23.9 Å². The van der Waals surface area contributed by atoms with E-state index in [1.807, 2.05) is 13.8 Å². The molecule has 0 N–H and O–H groups in total. The molecule has 0 amide bonds. The predicted molar refractivity (Wildman–Crippen MR) is 60.7 cm³/mol. The van der Waals surface area contributed by atoms with Crippen molar-refractivity contribution in [1.82, 2.24) is 4.57 Å². The molecule has 1 aromatic heterocycles. The van der Waals surface area contributed by atoms with Crippen molar-refractivity contribution in [2.45, 2.75) is 33.5 Å². The quantitative estimate of drug-likeness (QED) is 0.784. The number of carbonyl (C=O) groups excluding carboxylic acids is 1. The smallest absolute Gasteiger partial charge is 0.312 e. The Morgan fingerprint density at radius 3 is 2.33 bits per heavy atom. The van der Waals surface area contributed by atoms with Crippen molar-refractivity contribution in [2.75, 3.05) is 0 Å². The van der Waals surface area contributed by atoms with Gasteiger partial charge >= 0.3 is 6.18 Å². The molecule has 0 saturated carbocycles. The molecular formula is C12H14F3NO2. The highest BCUT2D eigenvalue weighted by atomic mass is 19.4. The third-order valence-corrected chi connectivity index (χ3v) is 2.50. The number of pyridine rings is 1. The number of alkyl halides is 3. The average molecular weight is 261 g/mol. The SMILES string of the molecule is Cc1c(C(=O)C(F)(F)F)ccc(=O)n1CC(C)C. The van der Waals surface area contributed by atoms with Gasteiger partial charge in [-0.3, -0.25) is 9.59 Å². The molecule has 0 bridgehead atoms. The van der Waals surface area contributed by atoms with Gasteiger partial charge in [-0.05, 0) is 18.9 Å². The Morgan fingerprint density at radius 2 is 1.89 bits per heavy atom. The van der Waals surface area contributed by atoms with Gasteiger partial charge in [0.2, 0.25) is 0 Å². The fourth-order valence-corrected chi connectivity index (χ4v) is 1.66. The second kappa shape index (κ2) is 4.96. The number of hydrogen-bond donors (Lipinski definition) is 0. The standard InChI is InChI=1S/C12H14F3NO2/c1-7(2)6-16-8(3)9(4-5-10(16)17)11(18)12(13,14)15/h4-5,7H,6H2,1-3H3. The zero-order valence-corrected chi connectivity index (χ0v) is 10.3. The van der Waals surface area contributed by atoms with Gasteiger partial charge in [0.1, 0.15) is 0 Å². The Labute approximate surface area is 102 Å². The summed E-state index contributed by atoms with van der Waals surface area (Å²) in [7, 11) is 0. The zero-order chi connectivity index (χ0) is 14.1. The number of aromatic nitrogens is 1. The molecule has 1 heterocycles. The van der Waals surface area contributed by atoms with Crippen LogP contribution in [0.3, 0.4) is 0 Å². The maximum absolute atomic E-state index is 12.4. The molecule has 100 valence electrons. The summed E-state index contributed by atoms with van der Waals surface area (Å²) in [6, 6.07) is 1.93. The Kier molecular flexibility index (Phi) is 3.98. The van der Waals surface area contributed by atoms with E-state index in [0.29, 0.717) is 0 Å². The van der Waals surface area contributed by atoms with E-state index >= 15 is 0 Å². The second-order valence-electron chi connectivity index (χ2n) is 4.50.